The third-order valence-electron chi connectivity index (χ3n) is 2.57. The minimum atomic E-state index is -0.323. The van der Waals surface area contributed by atoms with E-state index in [1.807, 2.05) is 37.3 Å². The molecule has 0 radical (unpaired) electrons. The third-order valence-corrected chi connectivity index (χ3v) is 2.57. The van der Waals surface area contributed by atoms with Gasteiger partial charge in [0.15, 0.2) is 0 Å². The van der Waals surface area contributed by atoms with Gasteiger partial charge < -0.3 is 5.11 Å². The first-order valence-corrected chi connectivity index (χ1v) is 5.60. The highest BCUT2D eigenvalue weighted by molar-refractivity contribution is 5.77. The number of aldehydes is 1. The Bertz CT molecular complexity index is 356. The number of hydrogen-bond acceptors (Lipinski definition) is 2. The smallest absolute Gasteiger partial charge is 0.150 e. The maximum atomic E-state index is 10.8. The summed E-state index contributed by atoms with van der Waals surface area (Å²) in [5, 5.41) is 9.67. The van der Waals surface area contributed by atoms with E-state index in [2.05, 4.69) is 0 Å². The number of rotatable bonds is 6. The van der Waals surface area contributed by atoms with Gasteiger partial charge in [-0.15, -0.1) is 0 Å². The van der Waals surface area contributed by atoms with Crippen molar-refractivity contribution >= 4 is 6.29 Å². The monoisotopic (exact) mass is 218 g/mol. The molecule has 16 heavy (non-hydrogen) atoms. The molecule has 0 aromatic heterocycles. The number of allylic oxidation sites excluding steroid dienone is 1. The molecule has 0 aliphatic rings. The zero-order valence-corrected chi connectivity index (χ0v) is 9.60. The molecule has 0 aliphatic carbocycles. The molecule has 2 heteroatoms. The van der Waals surface area contributed by atoms with E-state index in [0.717, 1.165) is 23.8 Å². The summed E-state index contributed by atoms with van der Waals surface area (Å²) in [5.74, 6) is 0. The minimum Gasteiger partial charge on any atom is -0.393 e. The van der Waals surface area contributed by atoms with Crippen LogP contribution < -0.4 is 0 Å². The SMILES string of the molecule is C/C=C/C[C@@H](O)CCc1ccccc1C=O. The molecule has 1 atom stereocenters. The summed E-state index contributed by atoms with van der Waals surface area (Å²) < 4.78 is 0. The average Bonchev–Trinajstić information content (AvgIpc) is 2.34. The van der Waals surface area contributed by atoms with Gasteiger partial charge in [-0.2, -0.15) is 0 Å². The van der Waals surface area contributed by atoms with Crippen LogP contribution in [-0.4, -0.2) is 17.5 Å². The second-order valence-electron chi connectivity index (χ2n) is 3.81. The number of benzene rings is 1. The van der Waals surface area contributed by atoms with Crippen molar-refractivity contribution in [2.24, 2.45) is 0 Å². The van der Waals surface area contributed by atoms with Crippen molar-refractivity contribution in [3.05, 3.63) is 47.5 Å². The molecular formula is C14H18O2. The van der Waals surface area contributed by atoms with Crippen LogP contribution in [0.2, 0.25) is 0 Å². The Morgan fingerprint density at radius 3 is 2.81 bits per heavy atom. The van der Waals surface area contributed by atoms with Crippen molar-refractivity contribution in [2.75, 3.05) is 0 Å². The van der Waals surface area contributed by atoms with Gasteiger partial charge in [0.25, 0.3) is 0 Å². The largest absolute Gasteiger partial charge is 0.393 e. The van der Waals surface area contributed by atoms with Gasteiger partial charge in [0.2, 0.25) is 0 Å². The third kappa shape index (κ3) is 3.99. The number of carbonyl (C=O) groups excluding carboxylic acids is 1. The standard InChI is InChI=1S/C14H18O2/c1-2-3-8-14(16)10-9-12-6-4-5-7-13(12)11-15/h2-7,11,14,16H,8-10H2,1H3/b3-2+/t14-/m1/s1. The van der Waals surface area contributed by atoms with Gasteiger partial charge in [0, 0.05) is 5.56 Å². The highest BCUT2D eigenvalue weighted by Crippen LogP contribution is 2.11. The highest BCUT2D eigenvalue weighted by Gasteiger charge is 2.05. The van der Waals surface area contributed by atoms with Crippen LogP contribution in [-0.2, 0) is 6.42 Å². The molecule has 0 heterocycles. The normalized spacial score (nSPS) is 12.9. The summed E-state index contributed by atoms with van der Waals surface area (Å²) >= 11 is 0. The Hall–Kier alpha value is -1.41. The first kappa shape index (κ1) is 12.7. The second kappa shape index (κ2) is 6.96. The number of aliphatic hydroxyl groups excluding tert-OH is 1. The summed E-state index contributed by atoms with van der Waals surface area (Å²) in [6.07, 6.45) is 6.55. The van der Waals surface area contributed by atoms with Crippen molar-refractivity contribution in [1.82, 2.24) is 0 Å². The molecule has 1 aromatic carbocycles. The lowest BCUT2D eigenvalue weighted by atomic mass is 10.0. The molecule has 1 aromatic rings. The maximum Gasteiger partial charge on any atom is 0.150 e. The quantitative estimate of drug-likeness (QED) is 0.589. The molecule has 0 aliphatic heterocycles. The van der Waals surface area contributed by atoms with Crippen LogP contribution in [0.1, 0.15) is 35.7 Å². The van der Waals surface area contributed by atoms with Gasteiger partial charge in [0.1, 0.15) is 6.29 Å². The van der Waals surface area contributed by atoms with E-state index < -0.39 is 0 Å². The van der Waals surface area contributed by atoms with Crippen molar-refractivity contribution in [3.63, 3.8) is 0 Å². The number of carbonyl (C=O) groups is 1. The first-order valence-electron chi connectivity index (χ1n) is 5.60. The molecule has 1 N–H and O–H groups in total. The van der Waals surface area contributed by atoms with E-state index >= 15 is 0 Å². The van der Waals surface area contributed by atoms with Crippen LogP contribution in [0.15, 0.2) is 36.4 Å². The number of aliphatic hydroxyl groups is 1. The molecule has 0 spiro atoms. The summed E-state index contributed by atoms with van der Waals surface area (Å²) in [6, 6.07) is 7.51. The summed E-state index contributed by atoms with van der Waals surface area (Å²) in [7, 11) is 0. The molecule has 0 amide bonds. The Labute approximate surface area is 96.6 Å². The second-order valence-corrected chi connectivity index (χ2v) is 3.81. The van der Waals surface area contributed by atoms with E-state index in [-0.39, 0.29) is 6.10 Å². The van der Waals surface area contributed by atoms with Gasteiger partial charge in [-0.25, -0.2) is 0 Å². The van der Waals surface area contributed by atoms with Gasteiger partial charge in [-0.05, 0) is 31.7 Å². The van der Waals surface area contributed by atoms with Crippen molar-refractivity contribution < 1.29 is 9.90 Å². The fourth-order valence-electron chi connectivity index (χ4n) is 1.61. The molecular weight excluding hydrogens is 200 g/mol. The Balaban J connectivity index is 2.50. The lowest BCUT2D eigenvalue weighted by molar-refractivity contribution is 0.112. The van der Waals surface area contributed by atoms with E-state index in [9.17, 15) is 9.90 Å². The predicted molar refractivity (Wildman–Crippen MR) is 65.6 cm³/mol. The molecule has 2 nitrogen and oxygen atoms in total. The van der Waals surface area contributed by atoms with Crippen LogP contribution in [0.4, 0.5) is 0 Å². The highest BCUT2D eigenvalue weighted by atomic mass is 16.3. The Morgan fingerprint density at radius 1 is 1.38 bits per heavy atom. The van der Waals surface area contributed by atoms with Crippen LogP contribution in [0.5, 0.6) is 0 Å². The maximum absolute atomic E-state index is 10.8. The fraction of sp³-hybridized carbons (Fsp3) is 0.357. The summed E-state index contributed by atoms with van der Waals surface area (Å²) in [6.45, 7) is 1.94. The van der Waals surface area contributed by atoms with Crippen LogP contribution in [0, 0.1) is 0 Å². The Morgan fingerprint density at radius 2 is 2.12 bits per heavy atom. The van der Waals surface area contributed by atoms with E-state index in [4.69, 9.17) is 0 Å². The van der Waals surface area contributed by atoms with Gasteiger partial charge >= 0.3 is 0 Å². The van der Waals surface area contributed by atoms with Crippen LogP contribution in [0.25, 0.3) is 0 Å². The average molecular weight is 218 g/mol. The Kier molecular flexibility index (Phi) is 5.51. The first-order chi connectivity index (χ1) is 7.77. The van der Waals surface area contributed by atoms with Crippen LogP contribution in [0.3, 0.4) is 0 Å². The van der Waals surface area contributed by atoms with E-state index in [0.29, 0.717) is 12.8 Å². The molecule has 0 saturated carbocycles. The van der Waals surface area contributed by atoms with Gasteiger partial charge in [0.05, 0.1) is 6.10 Å². The topological polar surface area (TPSA) is 37.3 Å². The lowest BCUT2D eigenvalue weighted by Gasteiger charge is -2.09. The van der Waals surface area contributed by atoms with Gasteiger partial charge in [-0.1, -0.05) is 36.4 Å². The fourth-order valence-corrected chi connectivity index (χ4v) is 1.61. The zero-order valence-electron chi connectivity index (χ0n) is 9.60. The molecule has 1 rings (SSSR count). The summed E-state index contributed by atoms with van der Waals surface area (Å²) in [5.41, 5.74) is 1.73. The zero-order chi connectivity index (χ0) is 11.8. The number of hydrogen-bond donors (Lipinski definition) is 1. The summed E-state index contributed by atoms with van der Waals surface area (Å²) in [4.78, 5) is 10.8. The molecule has 0 saturated heterocycles. The van der Waals surface area contributed by atoms with Crippen molar-refractivity contribution in [1.29, 1.82) is 0 Å². The predicted octanol–water partition coefficient (Wildman–Crippen LogP) is 2.76. The van der Waals surface area contributed by atoms with E-state index in [1.165, 1.54) is 0 Å². The van der Waals surface area contributed by atoms with Crippen molar-refractivity contribution in [3.8, 4) is 0 Å². The van der Waals surface area contributed by atoms with Gasteiger partial charge in [-0.3, -0.25) is 4.79 Å². The molecule has 0 fully saturated rings. The number of aryl methyl sites for hydroxylation is 1. The minimum absolute atomic E-state index is 0.323. The molecule has 86 valence electrons. The lowest BCUT2D eigenvalue weighted by Crippen LogP contribution is -2.07. The molecule has 0 bridgehead atoms. The van der Waals surface area contributed by atoms with E-state index in [1.54, 1.807) is 6.07 Å². The molecule has 0 unspecified atom stereocenters. The van der Waals surface area contributed by atoms with Crippen LogP contribution >= 0.6 is 0 Å². The van der Waals surface area contributed by atoms with Crippen molar-refractivity contribution in [2.45, 2.75) is 32.3 Å².